The van der Waals surface area contributed by atoms with E-state index < -0.39 is 29.8 Å². The fourth-order valence-corrected chi connectivity index (χ4v) is 6.58. The maximum absolute atomic E-state index is 13.3. The van der Waals surface area contributed by atoms with Crippen molar-refractivity contribution in [2.75, 3.05) is 10.6 Å². The van der Waals surface area contributed by atoms with Crippen LogP contribution in [0, 0.1) is 0 Å². The molecule has 10 nitrogen and oxygen atoms in total. The van der Waals surface area contributed by atoms with Crippen LogP contribution in [-0.4, -0.2) is 46.2 Å². The standard InChI is InChI=1S/C19H21Cl2N4O6PS/c1-11(2)22-19(26)18-16-5-4-14(9-17(16)24(3)23-18)25(10-32(27,28)29)33(30,31)15-7-12(20)6-13(21)8-15/h4-9,11H,10H2,1-3H3,(H,22,26)(H2,27,28,29). The molecule has 33 heavy (non-hydrogen) atoms. The molecular weight excluding hydrogens is 514 g/mol. The number of benzene rings is 2. The van der Waals surface area contributed by atoms with E-state index in [2.05, 4.69) is 10.4 Å². The molecule has 0 spiro atoms. The van der Waals surface area contributed by atoms with Gasteiger partial charge in [0, 0.05) is 28.5 Å². The van der Waals surface area contributed by atoms with Crippen molar-refractivity contribution < 1.29 is 27.6 Å². The lowest BCUT2D eigenvalue weighted by Crippen LogP contribution is -2.32. The van der Waals surface area contributed by atoms with E-state index in [1.807, 2.05) is 0 Å². The molecular formula is C19H21Cl2N4O6PS. The van der Waals surface area contributed by atoms with Crippen molar-refractivity contribution in [1.29, 1.82) is 0 Å². The predicted octanol–water partition coefficient (Wildman–Crippen LogP) is 3.35. The zero-order valence-electron chi connectivity index (χ0n) is 17.7. The van der Waals surface area contributed by atoms with Gasteiger partial charge in [-0.25, -0.2) is 8.42 Å². The summed E-state index contributed by atoms with van der Waals surface area (Å²) in [5, 5.41) is 7.48. The second-order valence-electron chi connectivity index (χ2n) is 7.57. The Balaban J connectivity index is 2.17. The molecule has 0 atom stereocenters. The Hall–Kier alpha value is -2.14. The molecule has 1 heterocycles. The van der Waals surface area contributed by atoms with Crippen LogP contribution in [-0.2, 0) is 21.6 Å². The quantitative estimate of drug-likeness (QED) is 0.394. The zero-order chi connectivity index (χ0) is 24.7. The molecule has 3 aromatic rings. The first kappa shape index (κ1) is 25.5. The van der Waals surface area contributed by atoms with Crippen molar-refractivity contribution in [3.63, 3.8) is 0 Å². The zero-order valence-corrected chi connectivity index (χ0v) is 21.0. The number of nitrogens with one attached hydrogen (secondary N) is 1. The van der Waals surface area contributed by atoms with Gasteiger partial charge < -0.3 is 15.1 Å². The first-order chi connectivity index (χ1) is 15.2. The predicted molar refractivity (Wildman–Crippen MR) is 126 cm³/mol. The number of halogens is 2. The number of carbonyl (C=O) groups excluding carboxylic acids is 1. The fraction of sp³-hybridized carbons (Fsp3) is 0.263. The van der Waals surface area contributed by atoms with Gasteiger partial charge >= 0.3 is 7.60 Å². The number of sulfonamides is 1. The molecule has 3 N–H and O–H groups in total. The van der Waals surface area contributed by atoms with Gasteiger partial charge in [-0.3, -0.25) is 18.3 Å². The van der Waals surface area contributed by atoms with Crippen LogP contribution in [0.3, 0.4) is 0 Å². The molecule has 0 bridgehead atoms. The third-order valence-corrected chi connectivity index (χ3v) is 7.53. The first-order valence-corrected chi connectivity index (χ1v) is 13.5. The molecule has 0 aliphatic heterocycles. The summed E-state index contributed by atoms with van der Waals surface area (Å²) >= 11 is 11.9. The second kappa shape index (κ2) is 9.25. The molecule has 1 amide bonds. The number of aryl methyl sites for hydroxylation is 1. The smallest absolute Gasteiger partial charge is 0.345 e. The number of nitrogens with zero attached hydrogens (tertiary/aromatic N) is 3. The highest BCUT2D eigenvalue weighted by Gasteiger charge is 2.32. The molecule has 0 fully saturated rings. The summed E-state index contributed by atoms with van der Waals surface area (Å²) in [7, 11) is -7.74. The van der Waals surface area contributed by atoms with Crippen LogP contribution in [0.15, 0.2) is 41.3 Å². The molecule has 0 radical (unpaired) electrons. The third-order valence-electron chi connectivity index (χ3n) is 4.49. The van der Waals surface area contributed by atoms with Crippen LogP contribution in [0.4, 0.5) is 5.69 Å². The summed E-state index contributed by atoms with van der Waals surface area (Å²) in [6, 6.07) is 7.67. The van der Waals surface area contributed by atoms with Crippen LogP contribution < -0.4 is 9.62 Å². The van der Waals surface area contributed by atoms with Gasteiger partial charge in [-0.15, -0.1) is 0 Å². The van der Waals surface area contributed by atoms with Gasteiger partial charge in [0.2, 0.25) is 0 Å². The fourth-order valence-electron chi connectivity index (χ4n) is 3.17. The molecule has 178 valence electrons. The van der Waals surface area contributed by atoms with Gasteiger partial charge in [-0.2, -0.15) is 5.10 Å². The lowest BCUT2D eigenvalue weighted by molar-refractivity contribution is 0.0939. The summed E-state index contributed by atoms with van der Waals surface area (Å²) in [5.74, 6) is -0.406. The highest BCUT2D eigenvalue weighted by molar-refractivity contribution is 7.93. The lowest BCUT2D eigenvalue weighted by Gasteiger charge is -2.25. The van der Waals surface area contributed by atoms with Crippen molar-refractivity contribution in [2.45, 2.75) is 24.8 Å². The minimum atomic E-state index is -4.83. The number of rotatable bonds is 7. The largest absolute Gasteiger partial charge is 0.348 e. The molecule has 3 rings (SSSR count). The van der Waals surface area contributed by atoms with E-state index in [1.165, 1.54) is 28.9 Å². The van der Waals surface area contributed by atoms with Crippen LogP contribution in [0.2, 0.25) is 10.0 Å². The van der Waals surface area contributed by atoms with E-state index in [-0.39, 0.29) is 32.4 Å². The average molecular weight is 535 g/mol. The molecule has 0 saturated heterocycles. The summed E-state index contributed by atoms with van der Waals surface area (Å²) in [6.07, 6.45) is -1.12. The van der Waals surface area contributed by atoms with Gasteiger partial charge in [-0.1, -0.05) is 23.2 Å². The topological polar surface area (TPSA) is 142 Å². The highest BCUT2D eigenvalue weighted by atomic mass is 35.5. The van der Waals surface area contributed by atoms with Gasteiger partial charge in [0.1, 0.15) is 6.29 Å². The van der Waals surface area contributed by atoms with E-state index in [0.717, 1.165) is 12.1 Å². The lowest BCUT2D eigenvalue weighted by atomic mass is 10.1. The van der Waals surface area contributed by atoms with Crippen molar-refractivity contribution in [3.8, 4) is 0 Å². The van der Waals surface area contributed by atoms with Crippen molar-refractivity contribution in [3.05, 3.63) is 52.1 Å². The Labute approximate surface area is 200 Å². The van der Waals surface area contributed by atoms with Crippen LogP contribution >= 0.6 is 30.8 Å². The molecule has 1 aromatic heterocycles. The number of carbonyl (C=O) groups is 1. The summed E-state index contributed by atoms with van der Waals surface area (Å²) < 4.78 is 40.5. The number of hydrogen-bond donors (Lipinski definition) is 3. The molecule has 0 aliphatic carbocycles. The molecule has 2 aromatic carbocycles. The monoisotopic (exact) mass is 534 g/mol. The van der Waals surface area contributed by atoms with Crippen LogP contribution in [0.25, 0.3) is 10.9 Å². The van der Waals surface area contributed by atoms with Gasteiger partial charge in [0.25, 0.3) is 15.9 Å². The molecule has 0 aliphatic rings. The third kappa shape index (κ3) is 5.68. The summed E-state index contributed by atoms with van der Waals surface area (Å²) in [4.78, 5) is 31.3. The van der Waals surface area contributed by atoms with Crippen molar-refractivity contribution in [1.82, 2.24) is 15.1 Å². The van der Waals surface area contributed by atoms with Gasteiger partial charge in [-0.05, 0) is 50.2 Å². The number of anilines is 1. The number of hydrogen-bond acceptors (Lipinski definition) is 5. The summed E-state index contributed by atoms with van der Waals surface area (Å²) in [6.45, 7) is 3.60. The Kier molecular flexibility index (Phi) is 7.14. The number of amides is 1. The van der Waals surface area contributed by atoms with Crippen molar-refractivity contribution >= 4 is 63.3 Å². The van der Waals surface area contributed by atoms with E-state index in [4.69, 9.17) is 23.2 Å². The second-order valence-corrected chi connectivity index (χ2v) is 11.9. The first-order valence-electron chi connectivity index (χ1n) is 9.50. The number of aromatic nitrogens is 2. The average Bonchev–Trinajstić information content (AvgIpc) is 3.00. The van der Waals surface area contributed by atoms with Crippen molar-refractivity contribution in [2.24, 2.45) is 7.05 Å². The van der Waals surface area contributed by atoms with Crippen LogP contribution in [0.5, 0.6) is 0 Å². The number of fused-ring (bicyclic) bond motifs is 1. The highest BCUT2D eigenvalue weighted by Crippen LogP contribution is 2.40. The molecule has 0 unspecified atom stereocenters. The molecule has 14 heteroatoms. The maximum Gasteiger partial charge on any atom is 0.345 e. The summed E-state index contributed by atoms with van der Waals surface area (Å²) in [5.41, 5.74) is 0.482. The van der Waals surface area contributed by atoms with Gasteiger partial charge in [0.05, 0.1) is 16.1 Å². The van der Waals surface area contributed by atoms with E-state index in [1.54, 1.807) is 20.9 Å². The minimum Gasteiger partial charge on any atom is -0.348 e. The normalized spacial score (nSPS) is 12.4. The van der Waals surface area contributed by atoms with Crippen LogP contribution in [0.1, 0.15) is 24.3 Å². The van der Waals surface area contributed by atoms with E-state index in [9.17, 15) is 27.6 Å². The Morgan fingerprint density at radius 3 is 2.33 bits per heavy atom. The SMILES string of the molecule is CC(C)NC(=O)c1nn(C)c2cc(N(CP(=O)(O)O)S(=O)(=O)c3cc(Cl)cc(Cl)c3)ccc12. The Bertz CT molecular complexity index is 1370. The van der Waals surface area contributed by atoms with E-state index in [0.29, 0.717) is 15.2 Å². The Morgan fingerprint density at radius 1 is 1.18 bits per heavy atom. The molecule has 0 saturated carbocycles. The van der Waals surface area contributed by atoms with Gasteiger partial charge in [0.15, 0.2) is 5.69 Å². The minimum absolute atomic E-state index is 0.0410. The Morgan fingerprint density at radius 2 is 1.79 bits per heavy atom. The van der Waals surface area contributed by atoms with E-state index >= 15 is 0 Å². The maximum atomic E-state index is 13.3.